The average Bonchev–Trinajstić information content (AvgIpc) is 2.93. The molecule has 27 heavy (non-hydrogen) atoms. The minimum Gasteiger partial charge on any atom is -0.376 e. The summed E-state index contributed by atoms with van der Waals surface area (Å²) in [6.45, 7) is 4.01. The van der Waals surface area contributed by atoms with Gasteiger partial charge in [0, 0.05) is 24.8 Å². The first-order valence-corrected chi connectivity index (χ1v) is 12.3. The normalized spacial score (nSPS) is 19.2. The van der Waals surface area contributed by atoms with Crippen LogP contribution in [0.1, 0.15) is 20.3 Å². The molecule has 2 rings (SSSR count). The molecule has 1 heterocycles. The first-order valence-electron chi connectivity index (χ1n) is 8.62. The van der Waals surface area contributed by atoms with Crippen LogP contribution >= 0.6 is 11.6 Å². The Labute approximate surface area is 165 Å². The summed E-state index contributed by atoms with van der Waals surface area (Å²) in [4.78, 5) is 12.0. The lowest BCUT2D eigenvalue weighted by molar-refractivity contribution is -0.119. The van der Waals surface area contributed by atoms with Gasteiger partial charge in [-0.15, -0.1) is 0 Å². The number of hydrogen-bond acceptors (Lipinski definition) is 6. The van der Waals surface area contributed by atoms with Crippen molar-refractivity contribution in [2.24, 2.45) is 0 Å². The molecule has 0 aromatic heterocycles. The Kier molecular flexibility index (Phi) is 7.12. The third kappa shape index (κ3) is 5.56. The van der Waals surface area contributed by atoms with Crippen LogP contribution in [0.15, 0.2) is 23.1 Å². The predicted molar refractivity (Wildman–Crippen MR) is 105 cm³/mol. The van der Waals surface area contributed by atoms with Crippen LogP contribution in [-0.2, 0) is 24.7 Å². The molecule has 152 valence electrons. The highest BCUT2D eigenvalue weighted by Gasteiger charge is 2.29. The van der Waals surface area contributed by atoms with Crippen molar-refractivity contribution in [2.45, 2.75) is 31.2 Å². The van der Waals surface area contributed by atoms with Gasteiger partial charge in [-0.05, 0) is 24.6 Å². The minimum atomic E-state index is -3.73. The number of benzene rings is 1. The van der Waals surface area contributed by atoms with Gasteiger partial charge < -0.3 is 10.6 Å². The average molecular weight is 438 g/mol. The van der Waals surface area contributed by atoms with Crippen LogP contribution in [0.25, 0.3) is 0 Å². The molecule has 1 fully saturated rings. The van der Waals surface area contributed by atoms with Crippen molar-refractivity contribution < 1.29 is 21.6 Å². The molecular weight excluding hydrogens is 414 g/mol. The monoisotopic (exact) mass is 437 g/mol. The van der Waals surface area contributed by atoms with Gasteiger partial charge in [-0.1, -0.05) is 25.4 Å². The lowest BCUT2D eigenvalue weighted by Crippen LogP contribution is -2.39. The Morgan fingerprint density at radius 1 is 1.30 bits per heavy atom. The first-order chi connectivity index (χ1) is 12.6. The maximum atomic E-state index is 12.7. The lowest BCUT2D eigenvalue weighted by atomic mass is 10.2. The fourth-order valence-corrected chi connectivity index (χ4v) is 6.52. The van der Waals surface area contributed by atoms with E-state index in [1.807, 2.05) is 0 Å². The minimum absolute atomic E-state index is 0.0276. The Hall–Kier alpha value is -1.36. The quantitative estimate of drug-likeness (QED) is 0.629. The smallest absolute Gasteiger partial charge is 0.244 e. The zero-order valence-electron chi connectivity index (χ0n) is 15.2. The summed E-state index contributed by atoms with van der Waals surface area (Å²) < 4.78 is 49.5. The largest absolute Gasteiger partial charge is 0.376 e. The topological polar surface area (TPSA) is 113 Å². The number of nitrogens with zero attached hydrogens (tertiary/aromatic N) is 1. The highest BCUT2D eigenvalue weighted by Crippen LogP contribution is 2.27. The van der Waals surface area contributed by atoms with Gasteiger partial charge in [0.25, 0.3) is 0 Å². The van der Waals surface area contributed by atoms with E-state index < -0.39 is 19.9 Å². The number of rotatable bonds is 8. The van der Waals surface area contributed by atoms with Crippen molar-refractivity contribution in [1.29, 1.82) is 0 Å². The van der Waals surface area contributed by atoms with Gasteiger partial charge in [0.2, 0.25) is 15.9 Å². The zero-order chi connectivity index (χ0) is 20.2. The van der Waals surface area contributed by atoms with Crippen molar-refractivity contribution >= 4 is 43.1 Å². The molecule has 2 N–H and O–H groups in total. The molecule has 8 nitrogen and oxygen atoms in total. The number of sulfonamides is 1. The van der Waals surface area contributed by atoms with E-state index in [4.69, 9.17) is 11.6 Å². The van der Waals surface area contributed by atoms with E-state index in [9.17, 15) is 21.6 Å². The third-order valence-electron chi connectivity index (χ3n) is 4.31. The fraction of sp³-hybridized carbons (Fsp3) is 0.562. The molecule has 1 atom stereocenters. The van der Waals surface area contributed by atoms with Crippen molar-refractivity contribution in [1.82, 2.24) is 9.62 Å². The second kappa shape index (κ2) is 8.76. The maximum Gasteiger partial charge on any atom is 0.244 e. The molecule has 1 aromatic carbocycles. The van der Waals surface area contributed by atoms with Crippen LogP contribution in [0.3, 0.4) is 0 Å². The van der Waals surface area contributed by atoms with Gasteiger partial charge in [-0.2, -0.15) is 4.31 Å². The number of carbonyl (C=O) groups is 1. The third-order valence-corrected chi connectivity index (χ3v) is 8.60. The molecule has 0 spiro atoms. The molecular formula is C16H24ClN3O5S2. The summed E-state index contributed by atoms with van der Waals surface area (Å²) in [5.74, 6) is -0.332. The van der Waals surface area contributed by atoms with Gasteiger partial charge >= 0.3 is 0 Å². The number of amides is 1. The van der Waals surface area contributed by atoms with Gasteiger partial charge in [0.15, 0.2) is 9.84 Å². The Morgan fingerprint density at radius 3 is 2.52 bits per heavy atom. The van der Waals surface area contributed by atoms with Crippen LogP contribution in [0.2, 0.25) is 5.02 Å². The van der Waals surface area contributed by atoms with E-state index >= 15 is 0 Å². The van der Waals surface area contributed by atoms with Crippen molar-refractivity contribution in [3.63, 3.8) is 0 Å². The molecule has 0 aliphatic carbocycles. The molecule has 0 saturated carbocycles. The van der Waals surface area contributed by atoms with E-state index in [1.54, 1.807) is 19.9 Å². The van der Waals surface area contributed by atoms with E-state index in [2.05, 4.69) is 10.6 Å². The van der Waals surface area contributed by atoms with Crippen LogP contribution in [0.5, 0.6) is 0 Å². The predicted octanol–water partition coefficient (Wildman–Crippen LogP) is 1.09. The Morgan fingerprint density at radius 2 is 1.96 bits per heavy atom. The van der Waals surface area contributed by atoms with E-state index in [1.165, 1.54) is 16.4 Å². The van der Waals surface area contributed by atoms with Crippen LogP contribution in [0.4, 0.5) is 5.69 Å². The van der Waals surface area contributed by atoms with Crippen LogP contribution in [-0.4, -0.2) is 64.2 Å². The summed E-state index contributed by atoms with van der Waals surface area (Å²) in [6.07, 6.45) is 0.404. The lowest BCUT2D eigenvalue weighted by Gasteiger charge is -2.20. The summed E-state index contributed by atoms with van der Waals surface area (Å²) in [7, 11) is -6.80. The van der Waals surface area contributed by atoms with Gasteiger partial charge in [-0.3, -0.25) is 4.79 Å². The maximum absolute atomic E-state index is 12.7. The van der Waals surface area contributed by atoms with Gasteiger partial charge in [-0.25, -0.2) is 16.8 Å². The van der Waals surface area contributed by atoms with Crippen LogP contribution < -0.4 is 10.6 Å². The number of hydrogen-bond donors (Lipinski definition) is 2. The summed E-state index contributed by atoms with van der Waals surface area (Å²) in [6, 6.07) is 4.05. The molecule has 0 radical (unpaired) electrons. The summed E-state index contributed by atoms with van der Waals surface area (Å²) in [5.41, 5.74) is 0.430. The molecule has 1 aromatic rings. The standard InChI is InChI=1S/C16H24ClN3O5S2/c1-3-20(4-2)27(24,25)15-9-12(5-6-14(15)17)18-10-16(21)19-13-7-8-26(22,23)11-13/h5-6,9,13,18H,3-4,7-8,10-11H2,1-2H3,(H,19,21). The number of halogens is 1. The molecule has 1 aliphatic rings. The SMILES string of the molecule is CCN(CC)S(=O)(=O)c1cc(NCC(=O)NC2CCS(=O)(=O)C2)ccc1Cl. The van der Waals surface area contributed by atoms with E-state index in [-0.39, 0.29) is 39.9 Å². The molecule has 11 heteroatoms. The Balaban J connectivity index is 2.05. The van der Waals surface area contributed by atoms with Gasteiger partial charge in [0.05, 0.1) is 23.1 Å². The Bertz CT molecular complexity index is 899. The van der Waals surface area contributed by atoms with Gasteiger partial charge in [0.1, 0.15) is 4.90 Å². The van der Waals surface area contributed by atoms with Crippen molar-refractivity contribution in [2.75, 3.05) is 36.5 Å². The molecule has 1 saturated heterocycles. The molecule has 1 amide bonds. The molecule has 1 unspecified atom stereocenters. The summed E-state index contributed by atoms with van der Waals surface area (Å²) in [5, 5.41) is 5.62. The van der Waals surface area contributed by atoms with Crippen molar-refractivity contribution in [3.05, 3.63) is 23.2 Å². The number of nitrogens with one attached hydrogen (secondary N) is 2. The van der Waals surface area contributed by atoms with E-state index in [0.717, 1.165) is 0 Å². The first kappa shape index (κ1) is 21.9. The van der Waals surface area contributed by atoms with Crippen LogP contribution in [0, 0.1) is 0 Å². The van der Waals surface area contributed by atoms with Crippen molar-refractivity contribution in [3.8, 4) is 0 Å². The summed E-state index contributed by atoms with van der Waals surface area (Å²) >= 11 is 6.07. The molecule has 1 aliphatic heterocycles. The highest BCUT2D eigenvalue weighted by molar-refractivity contribution is 7.91. The zero-order valence-corrected chi connectivity index (χ0v) is 17.6. The fourth-order valence-electron chi connectivity index (χ4n) is 2.88. The second-order valence-electron chi connectivity index (χ2n) is 6.26. The number of carbonyl (C=O) groups excluding carboxylic acids is 1. The number of anilines is 1. The number of sulfone groups is 1. The molecule has 0 bridgehead atoms. The highest BCUT2D eigenvalue weighted by atomic mass is 35.5. The van der Waals surface area contributed by atoms with E-state index in [0.29, 0.717) is 25.2 Å². The second-order valence-corrected chi connectivity index (χ2v) is 10.8.